The van der Waals surface area contributed by atoms with Gasteiger partial charge in [-0.15, -0.1) is 5.10 Å². The summed E-state index contributed by atoms with van der Waals surface area (Å²) in [6.07, 6.45) is 6.90. The van der Waals surface area contributed by atoms with Gasteiger partial charge in [-0.05, 0) is 25.7 Å². The van der Waals surface area contributed by atoms with Gasteiger partial charge in [0.15, 0.2) is 5.16 Å². The van der Waals surface area contributed by atoms with Crippen molar-refractivity contribution in [1.29, 1.82) is 0 Å². The predicted molar refractivity (Wildman–Crippen MR) is 67.2 cm³/mol. The normalized spacial score (nSPS) is 29.5. The Hall–Kier alpha value is -0.750. The third-order valence-corrected chi connectivity index (χ3v) is 4.98. The number of aromatic nitrogens is 3. The van der Waals surface area contributed by atoms with Crippen molar-refractivity contribution < 1.29 is 0 Å². The fourth-order valence-corrected chi connectivity index (χ4v) is 3.75. The Morgan fingerprint density at radius 3 is 2.76 bits per heavy atom. The Morgan fingerprint density at radius 2 is 2.06 bits per heavy atom. The van der Waals surface area contributed by atoms with Gasteiger partial charge < -0.3 is 5.73 Å². The maximum absolute atomic E-state index is 11.6. The lowest BCUT2D eigenvalue weighted by molar-refractivity contribution is 0.452. The van der Waals surface area contributed by atoms with E-state index in [0.29, 0.717) is 11.3 Å². The number of H-pyrrole nitrogens is 1. The second-order valence-corrected chi connectivity index (χ2v) is 6.22. The Kier molecular flexibility index (Phi) is 3.00. The molecule has 17 heavy (non-hydrogen) atoms. The van der Waals surface area contributed by atoms with E-state index in [4.69, 9.17) is 5.73 Å². The van der Waals surface area contributed by atoms with Crippen molar-refractivity contribution in [2.75, 3.05) is 0 Å². The number of nitrogens with two attached hydrogens (primary N) is 1. The Balaban J connectivity index is 1.77. The highest BCUT2D eigenvalue weighted by Crippen LogP contribution is 2.38. The number of thioether (sulfide) groups is 1. The first-order valence-electron chi connectivity index (χ1n) is 6.35. The topological polar surface area (TPSA) is 76.7 Å². The molecule has 2 saturated carbocycles. The van der Waals surface area contributed by atoms with Gasteiger partial charge in [0.05, 0.1) is 0 Å². The van der Waals surface area contributed by atoms with Gasteiger partial charge in [-0.1, -0.05) is 24.6 Å². The standard InChI is InChI=1S/C11H18N4OS/c12-8-3-1-2-4-9(8)17-11-14-13-10(16)15(11)7-5-6-7/h7-9H,1-6,12H2,(H,13,16). The summed E-state index contributed by atoms with van der Waals surface area (Å²) in [5.74, 6) is 0. The van der Waals surface area contributed by atoms with E-state index in [2.05, 4.69) is 10.2 Å². The first-order chi connectivity index (χ1) is 8.25. The maximum atomic E-state index is 11.6. The number of aromatic amines is 1. The molecule has 0 aromatic carbocycles. The van der Waals surface area contributed by atoms with Crippen LogP contribution >= 0.6 is 11.8 Å². The molecular weight excluding hydrogens is 236 g/mol. The summed E-state index contributed by atoms with van der Waals surface area (Å²) in [4.78, 5) is 11.6. The number of rotatable bonds is 3. The minimum Gasteiger partial charge on any atom is -0.327 e. The summed E-state index contributed by atoms with van der Waals surface area (Å²) in [5.41, 5.74) is 6.06. The highest BCUT2D eigenvalue weighted by Gasteiger charge is 2.31. The van der Waals surface area contributed by atoms with Crippen LogP contribution < -0.4 is 11.4 Å². The molecule has 2 aliphatic rings. The molecule has 2 aliphatic carbocycles. The van der Waals surface area contributed by atoms with Crippen molar-refractivity contribution in [2.24, 2.45) is 5.73 Å². The minimum absolute atomic E-state index is 0.0700. The van der Waals surface area contributed by atoms with Crippen molar-refractivity contribution >= 4 is 11.8 Å². The largest absolute Gasteiger partial charge is 0.344 e. The third kappa shape index (κ3) is 2.28. The zero-order valence-electron chi connectivity index (χ0n) is 9.76. The van der Waals surface area contributed by atoms with Gasteiger partial charge in [0.25, 0.3) is 0 Å². The highest BCUT2D eigenvalue weighted by atomic mass is 32.2. The molecule has 3 N–H and O–H groups in total. The average molecular weight is 254 g/mol. The molecule has 0 radical (unpaired) electrons. The summed E-state index contributed by atoms with van der Waals surface area (Å²) >= 11 is 1.68. The second-order valence-electron chi connectivity index (χ2n) is 5.02. The van der Waals surface area contributed by atoms with E-state index in [0.717, 1.165) is 30.8 Å². The van der Waals surface area contributed by atoms with Gasteiger partial charge >= 0.3 is 5.69 Å². The summed E-state index contributed by atoms with van der Waals surface area (Å²) < 4.78 is 1.81. The predicted octanol–water partition coefficient (Wildman–Crippen LogP) is 1.27. The van der Waals surface area contributed by atoms with Crippen LogP contribution in [0.25, 0.3) is 0 Å². The average Bonchev–Trinajstić information content (AvgIpc) is 3.08. The zero-order valence-corrected chi connectivity index (χ0v) is 10.6. The summed E-state index contributed by atoms with van der Waals surface area (Å²) in [5, 5.41) is 7.94. The first-order valence-corrected chi connectivity index (χ1v) is 7.23. The van der Waals surface area contributed by atoms with E-state index in [1.54, 1.807) is 11.8 Å². The van der Waals surface area contributed by atoms with Crippen LogP contribution in [0, 0.1) is 0 Å². The maximum Gasteiger partial charge on any atom is 0.344 e. The molecule has 0 amide bonds. The minimum atomic E-state index is -0.0700. The van der Waals surface area contributed by atoms with Gasteiger partial charge in [-0.3, -0.25) is 4.57 Å². The van der Waals surface area contributed by atoms with Gasteiger partial charge in [0, 0.05) is 17.3 Å². The van der Waals surface area contributed by atoms with Crippen LogP contribution in [0.5, 0.6) is 0 Å². The quantitative estimate of drug-likeness (QED) is 0.851. The molecule has 94 valence electrons. The lowest BCUT2D eigenvalue weighted by Gasteiger charge is -2.27. The molecule has 0 spiro atoms. The van der Waals surface area contributed by atoms with Crippen LogP contribution in [0.15, 0.2) is 9.95 Å². The van der Waals surface area contributed by atoms with E-state index < -0.39 is 0 Å². The highest BCUT2D eigenvalue weighted by molar-refractivity contribution is 7.99. The monoisotopic (exact) mass is 254 g/mol. The number of hydrogen-bond donors (Lipinski definition) is 2. The summed E-state index contributed by atoms with van der Waals surface area (Å²) in [6, 6.07) is 0.622. The molecule has 6 heteroatoms. The van der Waals surface area contributed by atoms with Crippen LogP contribution in [0.1, 0.15) is 44.6 Å². The van der Waals surface area contributed by atoms with Crippen LogP contribution in [0.2, 0.25) is 0 Å². The molecule has 3 rings (SSSR count). The molecule has 2 fully saturated rings. The van der Waals surface area contributed by atoms with Gasteiger partial charge in [0.2, 0.25) is 0 Å². The van der Waals surface area contributed by atoms with Crippen LogP contribution in [-0.2, 0) is 0 Å². The van der Waals surface area contributed by atoms with Crippen molar-refractivity contribution in [1.82, 2.24) is 14.8 Å². The van der Waals surface area contributed by atoms with Crippen molar-refractivity contribution in [3.05, 3.63) is 10.5 Å². The molecule has 5 nitrogen and oxygen atoms in total. The molecule has 2 atom stereocenters. The molecule has 1 aromatic heterocycles. The summed E-state index contributed by atoms with van der Waals surface area (Å²) in [7, 11) is 0. The lowest BCUT2D eigenvalue weighted by atomic mass is 9.96. The zero-order chi connectivity index (χ0) is 11.8. The van der Waals surface area contributed by atoms with E-state index >= 15 is 0 Å². The third-order valence-electron chi connectivity index (χ3n) is 3.59. The molecule has 0 bridgehead atoms. The van der Waals surface area contributed by atoms with Gasteiger partial charge in [0.1, 0.15) is 0 Å². The number of hydrogen-bond acceptors (Lipinski definition) is 4. The van der Waals surface area contributed by atoms with Crippen molar-refractivity contribution in [3.63, 3.8) is 0 Å². The Morgan fingerprint density at radius 1 is 1.29 bits per heavy atom. The molecule has 2 unspecified atom stereocenters. The van der Waals surface area contributed by atoms with Gasteiger partial charge in [-0.2, -0.15) is 0 Å². The van der Waals surface area contributed by atoms with E-state index in [9.17, 15) is 4.79 Å². The van der Waals surface area contributed by atoms with Crippen LogP contribution in [0.4, 0.5) is 0 Å². The molecule has 1 aromatic rings. The Bertz CT molecular complexity index is 451. The molecular formula is C11H18N4OS. The SMILES string of the molecule is NC1CCCCC1Sc1n[nH]c(=O)n1C1CC1. The number of nitrogens with one attached hydrogen (secondary N) is 1. The fourth-order valence-electron chi connectivity index (χ4n) is 2.44. The van der Waals surface area contributed by atoms with E-state index in [1.165, 1.54) is 12.8 Å². The fraction of sp³-hybridized carbons (Fsp3) is 0.818. The first kappa shape index (κ1) is 11.3. The lowest BCUT2D eigenvalue weighted by Crippen LogP contribution is -2.35. The van der Waals surface area contributed by atoms with Crippen LogP contribution in [-0.4, -0.2) is 26.1 Å². The number of nitrogens with zero attached hydrogens (tertiary/aromatic N) is 2. The molecule has 1 heterocycles. The van der Waals surface area contributed by atoms with Crippen molar-refractivity contribution in [2.45, 2.75) is 61.0 Å². The van der Waals surface area contributed by atoms with E-state index in [1.807, 2.05) is 4.57 Å². The molecule has 0 saturated heterocycles. The second kappa shape index (κ2) is 4.49. The van der Waals surface area contributed by atoms with Crippen molar-refractivity contribution in [3.8, 4) is 0 Å². The Labute approximate surface area is 104 Å². The molecule has 0 aliphatic heterocycles. The smallest absolute Gasteiger partial charge is 0.327 e. The van der Waals surface area contributed by atoms with Gasteiger partial charge in [-0.25, -0.2) is 9.89 Å². The van der Waals surface area contributed by atoms with E-state index in [-0.39, 0.29) is 11.7 Å². The summed E-state index contributed by atoms with van der Waals surface area (Å²) in [6.45, 7) is 0. The van der Waals surface area contributed by atoms with Crippen LogP contribution in [0.3, 0.4) is 0 Å².